The van der Waals surface area contributed by atoms with Crippen LogP contribution < -0.4 is 5.32 Å². The lowest BCUT2D eigenvalue weighted by atomic mass is 10.0. The number of rotatable bonds is 5. The van der Waals surface area contributed by atoms with Gasteiger partial charge in [0.15, 0.2) is 0 Å². The van der Waals surface area contributed by atoms with Crippen molar-refractivity contribution < 1.29 is 9.21 Å². The molecule has 0 saturated heterocycles. The first-order chi connectivity index (χ1) is 11.6. The van der Waals surface area contributed by atoms with Gasteiger partial charge in [0.05, 0.1) is 6.42 Å². The molecule has 0 atom stereocenters. The standard InChI is InChI=1S/C19H19N3O2/c1-13(2)15-10-8-14(9-11-15)12-17-21-22-19(24-17)20-18(23)16-6-4-3-5-7-16/h3-11,13H,12H2,1-2H3,(H,20,22,23). The van der Waals surface area contributed by atoms with Crippen LogP contribution >= 0.6 is 0 Å². The van der Waals surface area contributed by atoms with Gasteiger partial charge in [-0.05, 0) is 29.2 Å². The summed E-state index contributed by atoms with van der Waals surface area (Å²) in [6, 6.07) is 17.3. The molecule has 0 radical (unpaired) electrons. The van der Waals surface area contributed by atoms with Crippen molar-refractivity contribution in [2.24, 2.45) is 0 Å². The first kappa shape index (κ1) is 15.9. The molecule has 1 N–H and O–H groups in total. The van der Waals surface area contributed by atoms with Gasteiger partial charge in [0.25, 0.3) is 5.91 Å². The average molecular weight is 321 g/mol. The Bertz CT molecular complexity index is 808. The molecule has 0 aliphatic heterocycles. The summed E-state index contributed by atoms with van der Waals surface area (Å²) in [4.78, 5) is 12.0. The van der Waals surface area contributed by atoms with Gasteiger partial charge in [0.1, 0.15) is 0 Å². The van der Waals surface area contributed by atoms with Crippen LogP contribution in [0.25, 0.3) is 0 Å². The van der Waals surface area contributed by atoms with Crippen molar-refractivity contribution in [2.45, 2.75) is 26.2 Å². The molecule has 1 aromatic heterocycles. The number of carbonyl (C=O) groups excluding carboxylic acids is 1. The Labute approximate surface area is 140 Å². The smallest absolute Gasteiger partial charge is 0.322 e. The van der Waals surface area contributed by atoms with E-state index in [0.29, 0.717) is 23.8 Å². The van der Waals surface area contributed by atoms with E-state index in [1.54, 1.807) is 24.3 Å². The summed E-state index contributed by atoms with van der Waals surface area (Å²) in [6.07, 6.45) is 0.534. The third-order valence-electron chi connectivity index (χ3n) is 3.73. The number of nitrogens with one attached hydrogen (secondary N) is 1. The second-order valence-electron chi connectivity index (χ2n) is 5.89. The second kappa shape index (κ2) is 7.08. The fraction of sp³-hybridized carbons (Fsp3) is 0.211. The van der Waals surface area contributed by atoms with Crippen LogP contribution in [0.2, 0.25) is 0 Å². The van der Waals surface area contributed by atoms with Crippen molar-refractivity contribution in [3.8, 4) is 0 Å². The second-order valence-corrected chi connectivity index (χ2v) is 5.89. The Kier molecular flexibility index (Phi) is 4.70. The van der Waals surface area contributed by atoms with Gasteiger partial charge in [-0.1, -0.05) is 61.4 Å². The van der Waals surface area contributed by atoms with E-state index in [1.165, 1.54) is 5.56 Å². The van der Waals surface area contributed by atoms with Crippen molar-refractivity contribution in [1.29, 1.82) is 0 Å². The number of amides is 1. The molecular formula is C19H19N3O2. The zero-order valence-corrected chi connectivity index (χ0v) is 13.7. The number of benzene rings is 2. The summed E-state index contributed by atoms with van der Waals surface area (Å²) >= 11 is 0. The Hall–Kier alpha value is -2.95. The third kappa shape index (κ3) is 3.87. The number of anilines is 1. The SMILES string of the molecule is CC(C)c1ccc(Cc2nnc(NC(=O)c3ccccc3)o2)cc1. The van der Waals surface area contributed by atoms with Crippen LogP contribution in [-0.2, 0) is 6.42 Å². The lowest BCUT2D eigenvalue weighted by Gasteiger charge is -2.05. The highest BCUT2D eigenvalue weighted by molar-refractivity contribution is 6.02. The molecule has 0 fully saturated rings. The normalized spacial score (nSPS) is 10.8. The fourth-order valence-electron chi connectivity index (χ4n) is 2.33. The van der Waals surface area contributed by atoms with Crippen molar-refractivity contribution in [3.05, 3.63) is 77.2 Å². The molecule has 1 amide bonds. The van der Waals surface area contributed by atoms with E-state index < -0.39 is 0 Å². The first-order valence-corrected chi connectivity index (χ1v) is 7.89. The molecule has 0 saturated carbocycles. The maximum absolute atomic E-state index is 12.0. The van der Waals surface area contributed by atoms with Gasteiger partial charge in [-0.25, -0.2) is 0 Å². The van der Waals surface area contributed by atoms with Crippen molar-refractivity contribution in [1.82, 2.24) is 10.2 Å². The molecule has 3 rings (SSSR count). The first-order valence-electron chi connectivity index (χ1n) is 7.89. The van der Waals surface area contributed by atoms with Crippen molar-refractivity contribution in [2.75, 3.05) is 5.32 Å². The highest BCUT2D eigenvalue weighted by atomic mass is 16.4. The highest BCUT2D eigenvalue weighted by Gasteiger charge is 2.11. The van der Waals surface area contributed by atoms with Gasteiger partial charge in [-0.15, -0.1) is 5.10 Å². The molecule has 0 aliphatic carbocycles. The minimum Gasteiger partial charge on any atom is -0.407 e. The molecule has 5 heteroatoms. The molecule has 0 spiro atoms. The largest absolute Gasteiger partial charge is 0.407 e. The summed E-state index contributed by atoms with van der Waals surface area (Å²) in [7, 11) is 0. The lowest BCUT2D eigenvalue weighted by Crippen LogP contribution is -2.11. The molecule has 0 bridgehead atoms. The van der Waals surface area contributed by atoms with Crippen molar-refractivity contribution >= 4 is 11.9 Å². The minimum absolute atomic E-state index is 0.109. The highest BCUT2D eigenvalue weighted by Crippen LogP contribution is 2.17. The molecule has 3 aromatic rings. The summed E-state index contributed by atoms with van der Waals surface area (Å²) in [5.74, 6) is 0.699. The van der Waals surface area contributed by atoms with Gasteiger partial charge in [0.2, 0.25) is 5.89 Å². The van der Waals surface area contributed by atoms with E-state index in [1.807, 2.05) is 6.07 Å². The van der Waals surface area contributed by atoms with Gasteiger partial charge >= 0.3 is 6.01 Å². The fourth-order valence-corrected chi connectivity index (χ4v) is 2.33. The Morgan fingerprint density at radius 1 is 1.04 bits per heavy atom. The summed E-state index contributed by atoms with van der Waals surface area (Å²) in [5.41, 5.74) is 2.92. The number of nitrogens with zero attached hydrogens (tertiary/aromatic N) is 2. The van der Waals surface area contributed by atoms with Crippen LogP contribution in [0.4, 0.5) is 6.01 Å². The molecular weight excluding hydrogens is 302 g/mol. The Morgan fingerprint density at radius 3 is 2.42 bits per heavy atom. The topological polar surface area (TPSA) is 68.0 Å². The molecule has 0 unspecified atom stereocenters. The predicted molar refractivity (Wildman–Crippen MR) is 92.0 cm³/mol. The number of aromatic nitrogens is 2. The van der Waals surface area contributed by atoms with E-state index in [9.17, 15) is 4.79 Å². The van der Waals surface area contributed by atoms with E-state index in [4.69, 9.17) is 4.42 Å². The molecule has 122 valence electrons. The molecule has 1 heterocycles. The van der Waals surface area contributed by atoms with Gasteiger partial charge < -0.3 is 4.42 Å². The molecule has 5 nitrogen and oxygen atoms in total. The number of hydrogen-bond acceptors (Lipinski definition) is 4. The Morgan fingerprint density at radius 2 is 1.75 bits per heavy atom. The van der Waals surface area contributed by atoms with E-state index in [-0.39, 0.29) is 11.9 Å². The Balaban J connectivity index is 1.64. The van der Waals surface area contributed by atoms with Gasteiger partial charge in [-0.2, -0.15) is 0 Å². The summed E-state index contributed by atoms with van der Waals surface area (Å²) < 4.78 is 5.50. The maximum Gasteiger partial charge on any atom is 0.322 e. The minimum atomic E-state index is -0.271. The van der Waals surface area contributed by atoms with Gasteiger partial charge in [0, 0.05) is 5.56 Å². The van der Waals surface area contributed by atoms with E-state index in [0.717, 1.165) is 5.56 Å². The average Bonchev–Trinajstić information content (AvgIpc) is 3.03. The monoisotopic (exact) mass is 321 g/mol. The molecule has 24 heavy (non-hydrogen) atoms. The van der Waals surface area contributed by atoms with Crippen LogP contribution in [-0.4, -0.2) is 16.1 Å². The number of carbonyl (C=O) groups is 1. The number of hydrogen-bond donors (Lipinski definition) is 1. The molecule has 2 aromatic carbocycles. The van der Waals surface area contributed by atoms with Crippen LogP contribution in [0.1, 0.15) is 47.1 Å². The van der Waals surface area contributed by atoms with E-state index in [2.05, 4.69) is 53.6 Å². The van der Waals surface area contributed by atoms with Crippen LogP contribution in [0.3, 0.4) is 0 Å². The molecule has 0 aliphatic rings. The zero-order chi connectivity index (χ0) is 16.9. The van der Waals surface area contributed by atoms with Crippen molar-refractivity contribution in [3.63, 3.8) is 0 Å². The zero-order valence-electron chi connectivity index (χ0n) is 13.7. The quantitative estimate of drug-likeness (QED) is 0.770. The summed E-state index contributed by atoms with van der Waals surface area (Å²) in [6.45, 7) is 4.32. The predicted octanol–water partition coefficient (Wildman–Crippen LogP) is 4.04. The van der Waals surface area contributed by atoms with Crippen LogP contribution in [0, 0.1) is 0 Å². The van der Waals surface area contributed by atoms with E-state index >= 15 is 0 Å². The van der Waals surface area contributed by atoms with Crippen LogP contribution in [0.5, 0.6) is 0 Å². The summed E-state index contributed by atoms with van der Waals surface area (Å²) in [5, 5.41) is 10.5. The maximum atomic E-state index is 12.0. The lowest BCUT2D eigenvalue weighted by molar-refractivity contribution is 0.102. The van der Waals surface area contributed by atoms with Gasteiger partial charge in [-0.3, -0.25) is 10.1 Å². The third-order valence-corrected chi connectivity index (χ3v) is 3.73. The van der Waals surface area contributed by atoms with Crippen LogP contribution in [0.15, 0.2) is 59.0 Å².